The fourth-order valence-electron chi connectivity index (χ4n) is 4.78. The van der Waals surface area contributed by atoms with E-state index >= 15 is 0 Å². The topological polar surface area (TPSA) is 89.9 Å². The summed E-state index contributed by atoms with van der Waals surface area (Å²) < 4.78 is 10.4. The number of carbonyl (C=O) groups is 3. The third-order valence-corrected chi connectivity index (χ3v) is 6.15. The van der Waals surface area contributed by atoms with Crippen molar-refractivity contribution in [2.45, 2.75) is 51.4 Å². The molecule has 148 valence electrons. The first kappa shape index (κ1) is 19.6. The van der Waals surface area contributed by atoms with Crippen LogP contribution in [0.25, 0.3) is 0 Å². The Hall–Kier alpha value is -2.11. The van der Waals surface area contributed by atoms with E-state index in [2.05, 4.69) is 12.2 Å². The molecule has 1 fully saturated rings. The number of carboxylic acids is 1. The molecule has 1 N–H and O–H groups in total. The summed E-state index contributed by atoms with van der Waals surface area (Å²) >= 11 is 0. The molecule has 6 heteroatoms. The minimum atomic E-state index is -0.985. The van der Waals surface area contributed by atoms with Gasteiger partial charge >= 0.3 is 17.9 Å². The number of aliphatic carboxylic acids is 1. The van der Waals surface area contributed by atoms with Gasteiger partial charge in [0.15, 0.2) is 0 Å². The van der Waals surface area contributed by atoms with Crippen LogP contribution < -0.4 is 0 Å². The summed E-state index contributed by atoms with van der Waals surface area (Å²) in [7, 11) is 0. The van der Waals surface area contributed by atoms with Crippen molar-refractivity contribution in [2.24, 2.45) is 23.7 Å². The van der Waals surface area contributed by atoms with E-state index in [1.165, 1.54) is 0 Å². The number of cyclic esters (lactones) is 1. The molecule has 0 aromatic carbocycles. The average Bonchev–Trinajstić information content (AvgIpc) is 3.08. The number of hydrogen-bond donors (Lipinski definition) is 1. The van der Waals surface area contributed by atoms with Crippen LogP contribution in [0.5, 0.6) is 0 Å². The van der Waals surface area contributed by atoms with Crippen LogP contribution in [0.2, 0.25) is 0 Å². The van der Waals surface area contributed by atoms with Gasteiger partial charge in [-0.05, 0) is 67.8 Å². The number of ether oxygens (including phenoxy) is 2. The fraction of sp³-hybridized carbons (Fsp3) is 0.667. The number of carboxylic acid groups (broad SMARTS) is 1. The predicted molar refractivity (Wildman–Crippen MR) is 97.7 cm³/mol. The molecule has 6 nitrogen and oxygen atoms in total. The lowest BCUT2D eigenvalue weighted by atomic mass is 9.62. The van der Waals surface area contributed by atoms with Gasteiger partial charge in [-0.25, -0.2) is 4.79 Å². The van der Waals surface area contributed by atoms with E-state index in [-0.39, 0.29) is 18.8 Å². The molecular weight excluding hydrogens is 348 g/mol. The third kappa shape index (κ3) is 5.44. The number of fused-ring (bicyclic) bond motifs is 1. The standard InChI is InChI=1S/C21H28O6/c22-19(23)9-10-20(24)27-13-16-7-6-15-3-1-2-4-17(15)18(16)8-5-14-11-21(25)26-12-14/h1,3,11,15-18H,2,4-10,12-13H2,(H,22,23)/t15?,16-,17-,18-/m0/s1. The van der Waals surface area contributed by atoms with Crippen molar-refractivity contribution in [3.63, 3.8) is 0 Å². The Morgan fingerprint density at radius 3 is 2.81 bits per heavy atom. The van der Waals surface area contributed by atoms with Gasteiger partial charge in [-0.1, -0.05) is 12.2 Å². The Bertz CT molecular complexity index is 635. The Balaban J connectivity index is 1.58. The van der Waals surface area contributed by atoms with Gasteiger partial charge in [0.05, 0.1) is 19.4 Å². The van der Waals surface area contributed by atoms with E-state index in [4.69, 9.17) is 14.6 Å². The molecule has 0 aromatic heterocycles. The molecule has 3 rings (SSSR count). The highest BCUT2D eigenvalue weighted by Gasteiger charge is 2.39. The zero-order valence-electron chi connectivity index (χ0n) is 15.6. The van der Waals surface area contributed by atoms with E-state index in [0.29, 0.717) is 36.9 Å². The van der Waals surface area contributed by atoms with Crippen molar-refractivity contribution in [3.8, 4) is 0 Å². The highest BCUT2D eigenvalue weighted by atomic mass is 16.5. The molecule has 0 saturated heterocycles. The van der Waals surface area contributed by atoms with Crippen LogP contribution in [0.1, 0.15) is 51.4 Å². The average molecular weight is 376 g/mol. The summed E-state index contributed by atoms with van der Waals surface area (Å²) in [6.07, 6.45) is 12.1. The maximum absolute atomic E-state index is 11.8. The number of carbonyl (C=O) groups excluding carboxylic acids is 2. The van der Waals surface area contributed by atoms with Crippen LogP contribution >= 0.6 is 0 Å². The van der Waals surface area contributed by atoms with E-state index in [9.17, 15) is 14.4 Å². The van der Waals surface area contributed by atoms with Crippen LogP contribution in [-0.4, -0.2) is 36.2 Å². The van der Waals surface area contributed by atoms with Crippen LogP contribution in [0.4, 0.5) is 0 Å². The molecular formula is C21H28O6. The lowest BCUT2D eigenvalue weighted by Crippen LogP contribution is -2.37. The summed E-state index contributed by atoms with van der Waals surface area (Å²) in [5.74, 6) is 0.252. The monoisotopic (exact) mass is 376 g/mol. The number of esters is 2. The molecule has 1 heterocycles. The Morgan fingerprint density at radius 2 is 2.07 bits per heavy atom. The maximum atomic E-state index is 11.8. The van der Waals surface area contributed by atoms with Gasteiger partial charge in [0, 0.05) is 6.08 Å². The van der Waals surface area contributed by atoms with Gasteiger partial charge in [0.2, 0.25) is 0 Å². The predicted octanol–water partition coefficient (Wildman–Crippen LogP) is 3.27. The van der Waals surface area contributed by atoms with Crippen molar-refractivity contribution in [1.29, 1.82) is 0 Å². The fourth-order valence-corrected chi connectivity index (χ4v) is 4.78. The summed E-state index contributed by atoms with van der Waals surface area (Å²) in [5.41, 5.74) is 1.05. The van der Waals surface area contributed by atoms with Crippen molar-refractivity contribution in [2.75, 3.05) is 13.2 Å². The Morgan fingerprint density at radius 1 is 1.22 bits per heavy atom. The van der Waals surface area contributed by atoms with E-state index in [1.807, 2.05) is 0 Å². The maximum Gasteiger partial charge on any atom is 0.331 e. The first-order valence-electron chi connectivity index (χ1n) is 9.93. The number of rotatable bonds is 8. The smallest absolute Gasteiger partial charge is 0.331 e. The van der Waals surface area contributed by atoms with Crippen molar-refractivity contribution in [3.05, 3.63) is 23.8 Å². The molecule has 3 aliphatic rings. The second-order valence-corrected chi connectivity index (χ2v) is 7.86. The molecule has 1 aliphatic heterocycles. The van der Waals surface area contributed by atoms with E-state index in [1.54, 1.807) is 6.08 Å². The third-order valence-electron chi connectivity index (χ3n) is 6.15. The molecule has 0 radical (unpaired) electrons. The van der Waals surface area contributed by atoms with Crippen molar-refractivity contribution >= 4 is 17.9 Å². The van der Waals surface area contributed by atoms with Crippen LogP contribution in [0.3, 0.4) is 0 Å². The zero-order valence-corrected chi connectivity index (χ0v) is 15.6. The summed E-state index contributed by atoms with van der Waals surface area (Å²) in [4.78, 5) is 33.7. The van der Waals surface area contributed by atoms with Gasteiger partial charge < -0.3 is 14.6 Å². The van der Waals surface area contributed by atoms with Crippen molar-refractivity contribution < 1.29 is 29.0 Å². The lowest BCUT2D eigenvalue weighted by Gasteiger charge is -2.44. The molecule has 1 saturated carbocycles. The van der Waals surface area contributed by atoms with Gasteiger partial charge in [-0.3, -0.25) is 9.59 Å². The highest BCUT2D eigenvalue weighted by Crippen LogP contribution is 2.46. The second kappa shape index (κ2) is 9.20. The Labute approximate surface area is 159 Å². The van der Waals surface area contributed by atoms with E-state index < -0.39 is 11.9 Å². The van der Waals surface area contributed by atoms with Gasteiger partial charge in [-0.2, -0.15) is 0 Å². The summed E-state index contributed by atoms with van der Waals surface area (Å²) in [6, 6.07) is 0. The Kier molecular flexibility index (Phi) is 6.69. The second-order valence-electron chi connectivity index (χ2n) is 7.86. The van der Waals surface area contributed by atoms with Gasteiger partial charge in [-0.15, -0.1) is 0 Å². The number of hydrogen-bond acceptors (Lipinski definition) is 5. The molecule has 0 spiro atoms. The van der Waals surface area contributed by atoms with Crippen molar-refractivity contribution in [1.82, 2.24) is 0 Å². The van der Waals surface area contributed by atoms with E-state index in [0.717, 1.165) is 44.1 Å². The largest absolute Gasteiger partial charge is 0.481 e. The van der Waals surface area contributed by atoms with Gasteiger partial charge in [0.25, 0.3) is 0 Å². The minimum absolute atomic E-state index is 0.0755. The minimum Gasteiger partial charge on any atom is -0.481 e. The molecule has 0 amide bonds. The lowest BCUT2D eigenvalue weighted by molar-refractivity contribution is -0.150. The quantitative estimate of drug-likeness (QED) is 0.516. The molecule has 27 heavy (non-hydrogen) atoms. The SMILES string of the molecule is O=C(O)CCC(=O)OC[C@@H]1CCC2C=CCC[C@@H]2[C@H]1CCC1=CC(=O)OC1. The first-order chi connectivity index (χ1) is 13.0. The normalized spacial score (nSPS) is 29.6. The first-order valence-corrected chi connectivity index (χ1v) is 9.93. The van der Waals surface area contributed by atoms with Gasteiger partial charge in [0.1, 0.15) is 6.61 Å². The zero-order chi connectivity index (χ0) is 19.2. The number of allylic oxidation sites excluding steroid dienone is 2. The molecule has 1 unspecified atom stereocenters. The molecule has 2 aliphatic carbocycles. The molecule has 4 atom stereocenters. The molecule has 0 bridgehead atoms. The van der Waals surface area contributed by atoms with Crippen LogP contribution in [0, 0.1) is 23.7 Å². The van der Waals surface area contributed by atoms with Crippen LogP contribution in [-0.2, 0) is 23.9 Å². The van der Waals surface area contributed by atoms with Crippen LogP contribution in [0.15, 0.2) is 23.8 Å². The summed E-state index contributed by atoms with van der Waals surface area (Å²) in [5, 5.41) is 8.69. The highest BCUT2D eigenvalue weighted by molar-refractivity contribution is 5.85. The summed E-state index contributed by atoms with van der Waals surface area (Å²) in [6.45, 7) is 0.763. The molecule has 0 aromatic rings.